The SMILES string of the molecule is Cc1nc(C(=O)NCC2CCN(c3ccccc3)C2)nn1-c1ccc(F)cc1. The zero-order chi connectivity index (χ0) is 19.5. The van der Waals surface area contributed by atoms with Crippen LogP contribution in [0.15, 0.2) is 54.6 Å². The van der Waals surface area contributed by atoms with Crippen LogP contribution in [-0.4, -0.2) is 40.3 Å². The van der Waals surface area contributed by atoms with Gasteiger partial charge in [0.1, 0.15) is 11.6 Å². The third-order valence-corrected chi connectivity index (χ3v) is 5.00. The fraction of sp³-hybridized carbons (Fsp3) is 0.286. The third kappa shape index (κ3) is 3.88. The molecule has 1 atom stereocenters. The molecule has 0 spiro atoms. The van der Waals surface area contributed by atoms with Gasteiger partial charge in [0.2, 0.25) is 5.82 Å². The van der Waals surface area contributed by atoms with Crippen molar-refractivity contribution in [2.24, 2.45) is 5.92 Å². The van der Waals surface area contributed by atoms with Gasteiger partial charge < -0.3 is 10.2 Å². The van der Waals surface area contributed by atoms with Crippen LogP contribution in [0.2, 0.25) is 0 Å². The predicted molar refractivity (Wildman–Crippen MR) is 105 cm³/mol. The number of amides is 1. The Morgan fingerprint density at radius 2 is 1.89 bits per heavy atom. The van der Waals surface area contributed by atoms with Crippen LogP contribution < -0.4 is 10.2 Å². The van der Waals surface area contributed by atoms with Gasteiger partial charge in [0, 0.05) is 25.3 Å². The number of para-hydroxylation sites is 1. The first-order valence-electron chi connectivity index (χ1n) is 9.38. The normalized spacial score (nSPS) is 16.4. The lowest BCUT2D eigenvalue weighted by molar-refractivity contribution is 0.0938. The van der Waals surface area contributed by atoms with E-state index in [9.17, 15) is 9.18 Å². The predicted octanol–water partition coefficient (Wildman–Crippen LogP) is 2.97. The lowest BCUT2D eigenvalue weighted by atomic mass is 10.1. The molecule has 1 fully saturated rings. The van der Waals surface area contributed by atoms with E-state index in [0.29, 0.717) is 24.0 Å². The average Bonchev–Trinajstić information content (AvgIpc) is 3.34. The minimum absolute atomic E-state index is 0.125. The molecular weight excluding hydrogens is 357 g/mol. The van der Waals surface area contributed by atoms with E-state index in [0.717, 1.165) is 19.5 Å². The molecule has 1 saturated heterocycles. The number of nitrogens with zero attached hydrogens (tertiary/aromatic N) is 4. The fourth-order valence-corrected chi connectivity index (χ4v) is 3.50. The van der Waals surface area contributed by atoms with Crippen molar-refractivity contribution in [2.45, 2.75) is 13.3 Å². The van der Waals surface area contributed by atoms with Crippen LogP contribution in [0.5, 0.6) is 0 Å². The second-order valence-electron chi connectivity index (χ2n) is 7.02. The molecule has 1 aromatic heterocycles. The second kappa shape index (κ2) is 7.80. The topological polar surface area (TPSA) is 63.1 Å². The smallest absolute Gasteiger partial charge is 0.290 e. The second-order valence-corrected chi connectivity index (χ2v) is 7.02. The summed E-state index contributed by atoms with van der Waals surface area (Å²) in [6.45, 7) is 4.26. The van der Waals surface area contributed by atoms with E-state index < -0.39 is 0 Å². The number of halogens is 1. The van der Waals surface area contributed by atoms with E-state index in [2.05, 4.69) is 32.4 Å². The van der Waals surface area contributed by atoms with Crippen LogP contribution in [0.3, 0.4) is 0 Å². The van der Waals surface area contributed by atoms with Crippen molar-refractivity contribution in [2.75, 3.05) is 24.5 Å². The molecule has 28 heavy (non-hydrogen) atoms. The van der Waals surface area contributed by atoms with Crippen LogP contribution in [-0.2, 0) is 0 Å². The fourth-order valence-electron chi connectivity index (χ4n) is 3.50. The minimum Gasteiger partial charge on any atom is -0.371 e. The summed E-state index contributed by atoms with van der Waals surface area (Å²) in [5.41, 5.74) is 1.88. The van der Waals surface area contributed by atoms with Crippen LogP contribution in [0.25, 0.3) is 5.69 Å². The molecule has 0 aliphatic carbocycles. The van der Waals surface area contributed by atoms with Crippen molar-refractivity contribution < 1.29 is 9.18 Å². The molecule has 3 aromatic rings. The van der Waals surface area contributed by atoms with Gasteiger partial charge in [-0.25, -0.2) is 14.1 Å². The van der Waals surface area contributed by atoms with Gasteiger partial charge in [-0.15, -0.1) is 5.10 Å². The Kier molecular flexibility index (Phi) is 5.06. The number of aromatic nitrogens is 3. The highest BCUT2D eigenvalue weighted by molar-refractivity contribution is 5.90. The lowest BCUT2D eigenvalue weighted by Gasteiger charge is -2.18. The maximum absolute atomic E-state index is 13.1. The van der Waals surface area contributed by atoms with Gasteiger partial charge in [-0.2, -0.15) is 0 Å². The number of rotatable bonds is 5. The molecule has 0 radical (unpaired) electrons. The maximum Gasteiger partial charge on any atom is 0.290 e. The summed E-state index contributed by atoms with van der Waals surface area (Å²) in [4.78, 5) is 19.1. The molecule has 2 aromatic carbocycles. The van der Waals surface area contributed by atoms with Gasteiger partial charge in [-0.3, -0.25) is 4.79 Å². The van der Waals surface area contributed by atoms with Crippen molar-refractivity contribution in [1.82, 2.24) is 20.1 Å². The summed E-state index contributed by atoms with van der Waals surface area (Å²) < 4.78 is 14.7. The number of hydrogen-bond acceptors (Lipinski definition) is 4. The lowest BCUT2D eigenvalue weighted by Crippen LogP contribution is -2.31. The summed E-state index contributed by atoms with van der Waals surface area (Å²) in [5, 5.41) is 7.23. The molecule has 1 aliphatic rings. The molecule has 6 nitrogen and oxygen atoms in total. The number of hydrogen-bond donors (Lipinski definition) is 1. The number of aryl methyl sites for hydroxylation is 1. The highest BCUT2D eigenvalue weighted by Crippen LogP contribution is 2.23. The Labute approximate surface area is 163 Å². The molecule has 7 heteroatoms. The third-order valence-electron chi connectivity index (χ3n) is 5.00. The van der Waals surface area contributed by atoms with Gasteiger partial charge in [0.05, 0.1) is 5.69 Å². The largest absolute Gasteiger partial charge is 0.371 e. The molecule has 0 bridgehead atoms. The Morgan fingerprint density at radius 3 is 2.64 bits per heavy atom. The van der Waals surface area contributed by atoms with E-state index in [1.165, 1.54) is 17.8 Å². The Hall–Kier alpha value is -3.22. The summed E-state index contributed by atoms with van der Waals surface area (Å²) in [6.07, 6.45) is 1.03. The standard InChI is InChI=1S/C21H22FN5O/c1-15-24-20(25-27(15)19-9-7-17(22)8-10-19)21(28)23-13-16-11-12-26(14-16)18-5-3-2-4-6-18/h2-10,16H,11-14H2,1H3,(H,23,28). The van der Waals surface area contributed by atoms with Crippen molar-refractivity contribution in [3.05, 3.63) is 72.1 Å². The summed E-state index contributed by atoms with van der Waals surface area (Å²) in [5.74, 6) is 0.486. The van der Waals surface area contributed by atoms with Crippen LogP contribution >= 0.6 is 0 Å². The molecule has 1 aliphatic heterocycles. The molecular formula is C21H22FN5O. The van der Waals surface area contributed by atoms with E-state index in [1.54, 1.807) is 23.7 Å². The summed E-state index contributed by atoms with van der Waals surface area (Å²) in [6, 6.07) is 16.2. The first kappa shape index (κ1) is 18.2. The van der Waals surface area contributed by atoms with Crippen molar-refractivity contribution >= 4 is 11.6 Å². The van der Waals surface area contributed by atoms with Gasteiger partial charge >= 0.3 is 0 Å². The van der Waals surface area contributed by atoms with Gasteiger partial charge in [0.25, 0.3) is 5.91 Å². The summed E-state index contributed by atoms with van der Waals surface area (Å²) >= 11 is 0. The molecule has 1 amide bonds. The van der Waals surface area contributed by atoms with E-state index >= 15 is 0 Å². The zero-order valence-electron chi connectivity index (χ0n) is 15.7. The Morgan fingerprint density at radius 1 is 1.14 bits per heavy atom. The van der Waals surface area contributed by atoms with Crippen molar-refractivity contribution in [1.29, 1.82) is 0 Å². The molecule has 1 N–H and O–H groups in total. The highest BCUT2D eigenvalue weighted by atomic mass is 19.1. The van der Waals surface area contributed by atoms with E-state index in [4.69, 9.17) is 0 Å². The molecule has 2 heterocycles. The first-order valence-corrected chi connectivity index (χ1v) is 9.38. The Bertz CT molecular complexity index is 955. The van der Waals surface area contributed by atoms with Gasteiger partial charge in [0.15, 0.2) is 0 Å². The average molecular weight is 379 g/mol. The monoisotopic (exact) mass is 379 g/mol. The minimum atomic E-state index is -0.319. The highest BCUT2D eigenvalue weighted by Gasteiger charge is 2.24. The quantitative estimate of drug-likeness (QED) is 0.740. The van der Waals surface area contributed by atoms with Crippen LogP contribution in [0.1, 0.15) is 22.9 Å². The number of benzene rings is 2. The van der Waals surface area contributed by atoms with Crippen molar-refractivity contribution in [3.8, 4) is 5.69 Å². The number of carbonyl (C=O) groups is 1. The molecule has 4 rings (SSSR count). The Balaban J connectivity index is 1.36. The van der Waals surface area contributed by atoms with Crippen LogP contribution in [0, 0.1) is 18.7 Å². The van der Waals surface area contributed by atoms with Gasteiger partial charge in [-0.05, 0) is 55.7 Å². The first-order chi connectivity index (χ1) is 13.6. The number of anilines is 1. The number of carbonyl (C=O) groups excluding carboxylic acids is 1. The van der Waals surface area contributed by atoms with E-state index in [1.807, 2.05) is 18.2 Å². The van der Waals surface area contributed by atoms with Crippen molar-refractivity contribution in [3.63, 3.8) is 0 Å². The number of nitrogens with one attached hydrogen (secondary N) is 1. The summed E-state index contributed by atoms with van der Waals surface area (Å²) in [7, 11) is 0. The molecule has 144 valence electrons. The molecule has 0 saturated carbocycles. The van der Waals surface area contributed by atoms with Gasteiger partial charge in [-0.1, -0.05) is 18.2 Å². The van der Waals surface area contributed by atoms with E-state index in [-0.39, 0.29) is 17.5 Å². The van der Waals surface area contributed by atoms with Crippen LogP contribution in [0.4, 0.5) is 10.1 Å². The zero-order valence-corrected chi connectivity index (χ0v) is 15.7. The molecule has 1 unspecified atom stereocenters. The maximum atomic E-state index is 13.1.